The van der Waals surface area contributed by atoms with E-state index in [-0.39, 0.29) is 37.1 Å². The Morgan fingerprint density at radius 2 is 1.30 bits per heavy atom. The minimum Gasteiger partial charge on any atom is -0.346 e. The molecule has 17 heteroatoms. The van der Waals surface area contributed by atoms with Crippen LogP contribution < -0.4 is 0 Å². The van der Waals surface area contributed by atoms with Crippen molar-refractivity contribution in [3.8, 4) is 12.1 Å². The molecule has 0 unspecified atom stereocenters. The maximum absolute atomic E-state index is 12.7. The SMILES string of the molecule is Clc1ncc2cc[nH]c2n1.N#Cc1ccccc1S(=O)(=O)Cl.N#Cc1ccccc1S(=O)(=O)n1ccc2cnc(Cl)nc21. The molecule has 0 atom stereocenters. The van der Waals surface area contributed by atoms with Gasteiger partial charge in [0.2, 0.25) is 10.6 Å². The van der Waals surface area contributed by atoms with Gasteiger partial charge in [-0.05, 0) is 59.6 Å². The van der Waals surface area contributed by atoms with E-state index in [0.29, 0.717) is 5.39 Å². The fraction of sp³-hybridized carbons (Fsp3) is 0. The summed E-state index contributed by atoms with van der Waals surface area (Å²) in [5, 5.41) is 19.3. The van der Waals surface area contributed by atoms with Crippen LogP contribution in [-0.4, -0.2) is 45.7 Å². The van der Waals surface area contributed by atoms with Gasteiger partial charge in [0.25, 0.3) is 19.1 Å². The zero-order chi connectivity index (χ0) is 31.2. The Labute approximate surface area is 259 Å². The second kappa shape index (κ2) is 13.2. The Morgan fingerprint density at radius 1 is 0.744 bits per heavy atom. The van der Waals surface area contributed by atoms with Crippen LogP contribution in [0, 0.1) is 22.7 Å². The first-order chi connectivity index (χ1) is 20.5. The number of fused-ring (bicyclic) bond motifs is 2. The van der Waals surface area contributed by atoms with E-state index < -0.39 is 19.1 Å². The van der Waals surface area contributed by atoms with Crippen LogP contribution in [0.5, 0.6) is 0 Å². The fourth-order valence-corrected chi connectivity index (χ4v) is 6.28. The summed E-state index contributed by atoms with van der Waals surface area (Å²) in [4.78, 5) is 18.2. The number of halogens is 3. The van der Waals surface area contributed by atoms with Gasteiger partial charge in [0, 0.05) is 46.2 Å². The highest BCUT2D eigenvalue weighted by atomic mass is 35.7. The second-order valence-electron chi connectivity index (χ2n) is 8.11. The van der Waals surface area contributed by atoms with Gasteiger partial charge in [0.1, 0.15) is 27.6 Å². The van der Waals surface area contributed by atoms with Gasteiger partial charge in [-0.1, -0.05) is 24.3 Å². The van der Waals surface area contributed by atoms with Gasteiger partial charge in [-0.3, -0.25) is 0 Å². The second-order valence-corrected chi connectivity index (χ2v) is 13.1. The topological polar surface area (TPSA) is 188 Å². The summed E-state index contributed by atoms with van der Waals surface area (Å²) in [6.07, 6.45) is 6.28. The first-order valence-electron chi connectivity index (χ1n) is 11.6. The van der Waals surface area contributed by atoms with E-state index in [9.17, 15) is 16.8 Å². The van der Waals surface area contributed by atoms with Gasteiger partial charge >= 0.3 is 0 Å². The van der Waals surface area contributed by atoms with Gasteiger partial charge in [-0.25, -0.2) is 30.8 Å². The third-order valence-electron chi connectivity index (χ3n) is 5.45. The van der Waals surface area contributed by atoms with E-state index in [0.717, 1.165) is 15.0 Å². The molecule has 0 aliphatic rings. The molecule has 4 aromatic heterocycles. The quantitative estimate of drug-likeness (QED) is 0.191. The van der Waals surface area contributed by atoms with Crippen molar-refractivity contribution in [3.63, 3.8) is 0 Å². The third-order valence-corrected chi connectivity index (χ3v) is 8.92. The maximum atomic E-state index is 12.7. The number of nitriles is 2. The summed E-state index contributed by atoms with van der Waals surface area (Å²) in [6.45, 7) is 0. The Kier molecular flexibility index (Phi) is 9.60. The number of aromatic nitrogens is 6. The lowest BCUT2D eigenvalue weighted by atomic mass is 10.2. The molecule has 0 fully saturated rings. The molecule has 0 bridgehead atoms. The van der Waals surface area contributed by atoms with Gasteiger partial charge in [0.05, 0.1) is 11.1 Å². The van der Waals surface area contributed by atoms with E-state index in [4.69, 9.17) is 44.4 Å². The number of hydrogen-bond acceptors (Lipinski definition) is 10. The molecule has 1 N–H and O–H groups in total. The zero-order valence-electron chi connectivity index (χ0n) is 21.3. The van der Waals surface area contributed by atoms with Gasteiger partial charge < -0.3 is 4.98 Å². The van der Waals surface area contributed by atoms with Crippen molar-refractivity contribution in [2.24, 2.45) is 0 Å². The van der Waals surface area contributed by atoms with E-state index in [1.54, 1.807) is 42.7 Å². The van der Waals surface area contributed by atoms with Gasteiger partial charge in [-0.2, -0.15) is 20.5 Å². The standard InChI is InChI=1S/C13H7ClN4O2S.C7H4ClNO2S.C6H4ClN3/c14-13-16-8-10-5-6-18(12(10)17-13)21(19,20)11-4-2-1-3-9(11)7-15;8-12(10,11)7-4-2-1-3-6(7)5-9;7-6-9-3-4-1-2-8-5(4)10-6/h1-6,8H;1-4H;1-3H,(H,8,9,10). The molecule has 6 rings (SSSR count). The molecule has 6 aromatic rings. The molecule has 0 radical (unpaired) electrons. The maximum Gasteiger partial charge on any atom is 0.270 e. The molecule has 2 aromatic carbocycles. The van der Waals surface area contributed by atoms with Crippen LogP contribution in [0.4, 0.5) is 0 Å². The van der Waals surface area contributed by atoms with Crippen LogP contribution in [0.1, 0.15) is 11.1 Å². The molecule has 0 aliphatic carbocycles. The van der Waals surface area contributed by atoms with Crippen molar-refractivity contribution >= 4 is 75.0 Å². The predicted octanol–water partition coefficient (Wildman–Crippen LogP) is 5.29. The fourth-order valence-electron chi connectivity index (χ4n) is 3.55. The van der Waals surface area contributed by atoms with E-state index in [1.807, 2.05) is 12.1 Å². The third kappa shape index (κ3) is 7.26. The van der Waals surface area contributed by atoms with Gasteiger partial charge in [-0.15, -0.1) is 0 Å². The largest absolute Gasteiger partial charge is 0.346 e. The van der Waals surface area contributed by atoms with Crippen molar-refractivity contribution in [2.75, 3.05) is 0 Å². The normalized spacial score (nSPS) is 11.0. The Bertz CT molecular complexity index is 2260. The highest BCUT2D eigenvalue weighted by Crippen LogP contribution is 2.23. The number of benzene rings is 2. The van der Waals surface area contributed by atoms with Crippen LogP contribution in [-0.2, 0) is 19.1 Å². The molecule has 0 saturated carbocycles. The number of nitrogens with zero attached hydrogens (tertiary/aromatic N) is 7. The minimum atomic E-state index is -3.94. The number of nitrogens with one attached hydrogen (secondary N) is 1. The lowest BCUT2D eigenvalue weighted by molar-refractivity contribution is 0.588. The number of hydrogen-bond donors (Lipinski definition) is 1. The Morgan fingerprint density at radius 3 is 1.91 bits per heavy atom. The highest BCUT2D eigenvalue weighted by Gasteiger charge is 2.23. The van der Waals surface area contributed by atoms with E-state index in [2.05, 4.69) is 24.9 Å². The van der Waals surface area contributed by atoms with Crippen molar-refractivity contribution in [1.82, 2.24) is 28.9 Å². The van der Waals surface area contributed by atoms with Gasteiger partial charge in [0.15, 0.2) is 5.65 Å². The summed E-state index contributed by atoms with van der Waals surface area (Å²) in [7, 11) is -2.67. The zero-order valence-corrected chi connectivity index (χ0v) is 25.2. The van der Waals surface area contributed by atoms with Crippen LogP contribution in [0.25, 0.3) is 22.1 Å². The van der Waals surface area contributed by atoms with Crippen LogP contribution in [0.3, 0.4) is 0 Å². The molecule has 0 saturated heterocycles. The molecule has 43 heavy (non-hydrogen) atoms. The molecule has 0 spiro atoms. The van der Waals surface area contributed by atoms with E-state index in [1.165, 1.54) is 42.7 Å². The first kappa shape index (κ1) is 31.4. The van der Waals surface area contributed by atoms with Crippen molar-refractivity contribution in [2.45, 2.75) is 9.79 Å². The van der Waals surface area contributed by atoms with Crippen LogP contribution in [0.2, 0.25) is 10.6 Å². The first-order valence-corrected chi connectivity index (χ1v) is 16.1. The minimum absolute atomic E-state index is 0.0498. The molecule has 0 aliphatic heterocycles. The smallest absolute Gasteiger partial charge is 0.270 e. The summed E-state index contributed by atoms with van der Waals surface area (Å²) in [5.74, 6) is 0. The summed E-state index contributed by atoms with van der Waals surface area (Å²) in [6, 6.07) is 18.8. The predicted molar refractivity (Wildman–Crippen MR) is 159 cm³/mol. The summed E-state index contributed by atoms with van der Waals surface area (Å²) in [5.41, 5.74) is 1.08. The van der Waals surface area contributed by atoms with Crippen molar-refractivity contribution in [1.29, 1.82) is 10.5 Å². The molecule has 216 valence electrons. The Hall–Kier alpha value is -4.57. The highest BCUT2D eigenvalue weighted by molar-refractivity contribution is 8.13. The van der Waals surface area contributed by atoms with E-state index >= 15 is 0 Å². The number of H-pyrrole nitrogens is 1. The molecule has 12 nitrogen and oxygen atoms in total. The Balaban J connectivity index is 0.000000162. The average molecular weight is 674 g/mol. The number of aromatic amines is 1. The molecule has 4 heterocycles. The number of rotatable bonds is 3. The monoisotopic (exact) mass is 672 g/mol. The molecular formula is C26H15Cl3N8O4S2. The van der Waals surface area contributed by atoms with Crippen LogP contribution in [0.15, 0.2) is 95.2 Å². The average Bonchev–Trinajstić information content (AvgIpc) is 3.64. The van der Waals surface area contributed by atoms with Crippen molar-refractivity contribution < 1.29 is 16.8 Å². The van der Waals surface area contributed by atoms with Crippen LogP contribution >= 0.6 is 33.9 Å². The summed E-state index contributed by atoms with van der Waals surface area (Å²) < 4.78 is 48.1. The molecule has 0 amide bonds. The lowest BCUT2D eigenvalue weighted by Crippen LogP contribution is -2.14. The lowest BCUT2D eigenvalue weighted by Gasteiger charge is -2.08. The molecular weight excluding hydrogens is 659 g/mol. The van der Waals surface area contributed by atoms with Crippen molar-refractivity contribution in [3.05, 3.63) is 107 Å². The summed E-state index contributed by atoms with van der Waals surface area (Å²) >= 11 is 11.3.